The van der Waals surface area contributed by atoms with Crippen molar-refractivity contribution in [2.75, 3.05) is 13.1 Å². The van der Waals surface area contributed by atoms with E-state index < -0.39 is 5.60 Å². The first kappa shape index (κ1) is 17.1. The number of hydrogen-bond acceptors (Lipinski definition) is 3. The zero-order chi connectivity index (χ0) is 16.8. The van der Waals surface area contributed by atoms with Crippen molar-refractivity contribution < 1.29 is 9.53 Å². The van der Waals surface area contributed by atoms with Crippen LogP contribution in [0.5, 0.6) is 0 Å². The summed E-state index contributed by atoms with van der Waals surface area (Å²) in [5.41, 5.74) is 0.670. The van der Waals surface area contributed by atoms with E-state index in [2.05, 4.69) is 21.2 Å². The number of rotatable bonds is 3. The minimum absolute atomic E-state index is 0.195. The van der Waals surface area contributed by atoms with Gasteiger partial charge < -0.3 is 15.0 Å². The molecule has 0 radical (unpaired) electrons. The molecular formula is C17H22BrClN2O2. The monoisotopic (exact) mass is 400 g/mol. The Morgan fingerprint density at radius 1 is 1.39 bits per heavy atom. The number of carbonyl (C=O) groups is 1. The van der Waals surface area contributed by atoms with Gasteiger partial charge in [0.2, 0.25) is 0 Å². The standard InChI is InChI=1S/C17H22BrClN2O2/c1-17(2,3)23-16(22)21-8-12-13(9-21)15(12)20-7-10-4-5-11(18)6-14(10)19/h4-6,12-13,15,20H,7-9H2,1-3H3. The van der Waals surface area contributed by atoms with Crippen molar-refractivity contribution >= 4 is 33.6 Å². The first-order valence-electron chi connectivity index (χ1n) is 7.90. The predicted octanol–water partition coefficient (Wildman–Crippen LogP) is 4.06. The van der Waals surface area contributed by atoms with Crippen LogP contribution in [0.2, 0.25) is 5.02 Å². The lowest BCUT2D eigenvalue weighted by Crippen LogP contribution is -2.39. The van der Waals surface area contributed by atoms with Gasteiger partial charge in [-0.1, -0.05) is 33.6 Å². The molecule has 1 heterocycles. The molecule has 6 heteroatoms. The third kappa shape index (κ3) is 4.01. The molecule has 2 fully saturated rings. The molecule has 0 spiro atoms. The number of nitrogens with one attached hydrogen (secondary N) is 1. The summed E-state index contributed by atoms with van der Waals surface area (Å²) in [4.78, 5) is 13.9. The molecular weight excluding hydrogens is 380 g/mol. The van der Waals surface area contributed by atoms with Crippen LogP contribution in [-0.4, -0.2) is 35.7 Å². The van der Waals surface area contributed by atoms with Crippen LogP contribution in [0, 0.1) is 11.8 Å². The lowest BCUT2D eigenvalue weighted by molar-refractivity contribution is 0.0269. The number of benzene rings is 1. The van der Waals surface area contributed by atoms with Crippen LogP contribution >= 0.6 is 27.5 Å². The average Bonchev–Trinajstić information content (AvgIpc) is 2.88. The highest BCUT2D eigenvalue weighted by Gasteiger charge is 2.56. The number of fused-ring (bicyclic) bond motifs is 1. The van der Waals surface area contributed by atoms with Gasteiger partial charge in [-0.05, 0) is 50.3 Å². The van der Waals surface area contributed by atoms with Crippen LogP contribution in [0.1, 0.15) is 26.3 Å². The maximum atomic E-state index is 12.1. The summed E-state index contributed by atoms with van der Waals surface area (Å²) in [5.74, 6) is 1.08. The largest absolute Gasteiger partial charge is 0.444 e. The molecule has 1 saturated carbocycles. The Kier molecular flexibility index (Phi) is 4.64. The minimum Gasteiger partial charge on any atom is -0.444 e. The quantitative estimate of drug-likeness (QED) is 0.830. The van der Waals surface area contributed by atoms with Gasteiger partial charge in [0.15, 0.2) is 0 Å². The molecule has 1 N–H and O–H groups in total. The lowest BCUT2D eigenvalue weighted by atomic mass is 10.2. The molecule has 2 unspecified atom stereocenters. The Balaban J connectivity index is 1.46. The van der Waals surface area contributed by atoms with E-state index in [9.17, 15) is 4.79 Å². The Labute approximate surface area is 150 Å². The van der Waals surface area contributed by atoms with Crippen LogP contribution in [0.15, 0.2) is 22.7 Å². The SMILES string of the molecule is CC(C)(C)OC(=O)N1CC2C(C1)C2NCc1ccc(Br)cc1Cl. The number of halogens is 2. The normalized spacial score (nSPS) is 26.1. The van der Waals surface area contributed by atoms with Crippen molar-refractivity contribution in [3.63, 3.8) is 0 Å². The van der Waals surface area contributed by atoms with Gasteiger partial charge in [0.25, 0.3) is 0 Å². The topological polar surface area (TPSA) is 41.6 Å². The number of nitrogens with zero attached hydrogens (tertiary/aromatic N) is 1. The molecule has 2 aliphatic rings. The summed E-state index contributed by atoms with van der Waals surface area (Å²) in [6, 6.07) is 6.43. The molecule has 1 aromatic carbocycles. The van der Waals surface area contributed by atoms with Crippen LogP contribution in [0.4, 0.5) is 4.79 Å². The predicted molar refractivity (Wildman–Crippen MR) is 94.6 cm³/mol. The molecule has 0 bridgehead atoms. The van der Waals surface area contributed by atoms with Gasteiger partial charge in [-0.2, -0.15) is 0 Å². The van der Waals surface area contributed by atoms with Gasteiger partial charge in [0, 0.05) is 35.2 Å². The van der Waals surface area contributed by atoms with Crippen molar-refractivity contribution in [2.45, 2.75) is 39.0 Å². The first-order chi connectivity index (χ1) is 10.7. The van der Waals surface area contributed by atoms with E-state index in [-0.39, 0.29) is 6.09 Å². The minimum atomic E-state index is -0.431. The summed E-state index contributed by atoms with van der Waals surface area (Å²) in [5, 5.41) is 4.34. The summed E-state index contributed by atoms with van der Waals surface area (Å²) in [6.07, 6.45) is -0.195. The second-order valence-corrected chi connectivity index (χ2v) is 8.68. The summed E-state index contributed by atoms with van der Waals surface area (Å²) in [7, 11) is 0. The maximum absolute atomic E-state index is 12.1. The molecule has 1 aliphatic heterocycles. The van der Waals surface area contributed by atoms with Gasteiger partial charge in [-0.3, -0.25) is 0 Å². The number of hydrogen-bond donors (Lipinski definition) is 1. The Hall–Kier alpha value is -0.780. The van der Waals surface area contributed by atoms with Gasteiger partial charge in [0.1, 0.15) is 5.60 Å². The fraction of sp³-hybridized carbons (Fsp3) is 0.588. The zero-order valence-electron chi connectivity index (χ0n) is 13.6. The third-order valence-electron chi connectivity index (χ3n) is 4.39. The Morgan fingerprint density at radius 3 is 2.61 bits per heavy atom. The Bertz CT molecular complexity index is 605. The van der Waals surface area contributed by atoms with E-state index in [1.54, 1.807) is 0 Å². The number of amides is 1. The van der Waals surface area contributed by atoms with Crippen LogP contribution in [0.25, 0.3) is 0 Å². The van der Waals surface area contributed by atoms with Crippen molar-refractivity contribution in [3.8, 4) is 0 Å². The second kappa shape index (κ2) is 6.26. The lowest BCUT2D eigenvalue weighted by Gasteiger charge is -2.26. The van der Waals surface area contributed by atoms with Crippen molar-refractivity contribution in [2.24, 2.45) is 11.8 Å². The molecule has 1 aliphatic carbocycles. The van der Waals surface area contributed by atoms with E-state index in [4.69, 9.17) is 16.3 Å². The number of ether oxygens (including phenoxy) is 1. The van der Waals surface area contributed by atoms with E-state index in [1.165, 1.54) is 0 Å². The summed E-state index contributed by atoms with van der Waals surface area (Å²) in [6.45, 7) is 8.02. The van der Waals surface area contributed by atoms with Gasteiger partial charge in [-0.15, -0.1) is 0 Å². The molecule has 1 aromatic rings. The second-order valence-electron chi connectivity index (χ2n) is 7.36. The summed E-state index contributed by atoms with van der Waals surface area (Å²) >= 11 is 9.66. The zero-order valence-corrected chi connectivity index (χ0v) is 15.9. The average molecular weight is 402 g/mol. The van der Waals surface area contributed by atoms with Crippen molar-refractivity contribution in [1.82, 2.24) is 10.2 Å². The molecule has 4 nitrogen and oxygen atoms in total. The van der Waals surface area contributed by atoms with Crippen molar-refractivity contribution in [1.29, 1.82) is 0 Å². The molecule has 23 heavy (non-hydrogen) atoms. The van der Waals surface area contributed by atoms with Gasteiger partial charge >= 0.3 is 6.09 Å². The van der Waals surface area contributed by atoms with E-state index >= 15 is 0 Å². The summed E-state index contributed by atoms with van der Waals surface area (Å²) < 4.78 is 6.42. The molecule has 126 valence electrons. The molecule has 2 atom stereocenters. The fourth-order valence-electron chi connectivity index (χ4n) is 3.20. The number of likely N-dealkylation sites (tertiary alicyclic amines) is 1. The molecule has 0 aromatic heterocycles. The van der Waals surface area contributed by atoms with Gasteiger partial charge in [0.05, 0.1) is 0 Å². The highest BCUT2D eigenvalue weighted by atomic mass is 79.9. The highest BCUT2D eigenvalue weighted by molar-refractivity contribution is 9.10. The van der Waals surface area contributed by atoms with Crippen molar-refractivity contribution in [3.05, 3.63) is 33.3 Å². The first-order valence-corrected chi connectivity index (χ1v) is 9.07. The molecule has 1 amide bonds. The van der Waals surface area contributed by atoms with Gasteiger partial charge in [-0.25, -0.2) is 4.79 Å². The molecule has 1 saturated heterocycles. The third-order valence-corrected chi connectivity index (χ3v) is 5.23. The van der Waals surface area contributed by atoms with E-state index in [1.807, 2.05) is 43.9 Å². The number of carbonyl (C=O) groups excluding carboxylic acids is 1. The number of piperidine rings is 1. The van der Waals surface area contributed by atoms with Crippen LogP contribution in [-0.2, 0) is 11.3 Å². The highest BCUT2D eigenvalue weighted by Crippen LogP contribution is 2.46. The fourth-order valence-corrected chi connectivity index (χ4v) is 3.94. The van der Waals surface area contributed by atoms with E-state index in [0.717, 1.165) is 34.7 Å². The Morgan fingerprint density at radius 2 is 2.04 bits per heavy atom. The van der Waals surface area contributed by atoms with Crippen LogP contribution in [0.3, 0.4) is 0 Å². The maximum Gasteiger partial charge on any atom is 0.410 e. The smallest absolute Gasteiger partial charge is 0.410 e. The van der Waals surface area contributed by atoms with E-state index in [0.29, 0.717) is 17.9 Å². The molecule has 3 rings (SSSR count). The van der Waals surface area contributed by atoms with Crippen LogP contribution < -0.4 is 5.32 Å².